The Bertz CT molecular complexity index is 714. The summed E-state index contributed by atoms with van der Waals surface area (Å²) < 4.78 is 2.93. The van der Waals surface area contributed by atoms with E-state index in [1.165, 1.54) is 23.1 Å². The van der Waals surface area contributed by atoms with E-state index in [0.29, 0.717) is 5.75 Å². The second-order valence-corrected chi connectivity index (χ2v) is 7.66. The molecule has 4 nitrogen and oxygen atoms in total. The molecule has 0 radical (unpaired) electrons. The van der Waals surface area contributed by atoms with E-state index in [1.807, 2.05) is 12.1 Å². The van der Waals surface area contributed by atoms with Crippen LogP contribution in [0, 0.1) is 0 Å². The van der Waals surface area contributed by atoms with E-state index in [-0.39, 0.29) is 0 Å². The lowest BCUT2D eigenvalue weighted by Gasteiger charge is -1.93. The Morgan fingerprint density at radius 2 is 2.21 bits per heavy atom. The number of rotatable bonds is 2. The average Bonchev–Trinajstić information content (AvgIpc) is 2.92. The van der Waals surface area contributed by atoms with E-state index in [4.69, 9.17) is 5.11 Å². The number of aliphatic carboxylic acids is 1. The molecule has 0 aliphatic carbocycles. The van der Waals surface area contributed by atoms with Crippen molar-refractivity contribution in [3.63, 3.8) is 0 Å². The van der Waals surface area contributed by atoms with Crippen LogP contribution in [-0.2, 0) is 4.79 Å². The number of thiazole rings is 1. The maximum atomic E-state index is 10.9. The fourth-order valence-corrected chi connectivity index (χ4v) is 5.39. The summed E-state index contributed by atoms with van der Waals surface area (Å²) in [5.74, 6) is -0.404. The maximum absolute atomic E-state index is 10.9. The third-order valence-corrected chi connectivity index (χ3v) is 5.79. The molecule has 8 heteroatoms. The Labute approximate surface area is 133 Å². The molecular formula is C11H6Br2N2O2S2. The average molecular weight is 422 g/mol. The van der Waals surface area contributed by atoms with Crippen LogP contribution in [0.25, 0.3) is 10.2 Å². The van der Waals surface area contributed by atoms with E-state index < -0.39 is 12.0 Å². The predicted octanol–water partition coefficient (Wildman–Crippen LogP) is 3.77. The summed E-state index contributed by atoms with van der Waals surface area (Å²) in [7, 11) is 0. The molecule has 98 valence electrons. The van der Waals surface area contributed by atoms with Crippen LogP contribution in [0.1, 0.15) is 5.01 Å². The number of hydrogen-bond acceptors (Lipinski definition) is 5. The van der Waals surface area contributed by atoms with E-state index in [2.05, 4.69) is 41.8 Å². The summed E-state index contributed by atoms with van der Waals surface area (Å²) in [4.78, 5) is 19.6. The number of benzene rings is 1. The fraction of sp³-hybridized carbons (Fsp3) is 0.182. The molecule has 0 spiro atoms. The van der Waals surface area contributed by atoms with Crippen LogP contribution in [0.3, 0.4) is 0 Å². The molecule has 1 unspecified atom stereocenters. The van der Waals surface area contributed by atoms with Crippen LogP contribution in [0.2, 0.25) is 0 Å². The van der Waals surface area contributed by atoms with Gasteiger partial charge in [0.15, 0.2) is 6.04 Å². The number of carboxylic acid groups (broad SMARTS) is 1. The zero-order valence-electron chi connectivity index (χ0n) is 9.26. The van der Waals surface area contributed by atoms with Gasteiger partial charge in [-0.2, -0.15) is 0 Å². The van der Waals surface area contributed by atoms with Crippen molar-refractivity contribution in [3.8, 4) is 0 Å². The lowest BCUT2D eigenvalue weighted by molar-refractivity contribution is -0.137. The van der Waals surface area contributed by atoms with Gasteiger partial charge in [0.1, 0.15) is 10.1 Å². The maximum Gasteiger partial charge on any atom is 0.329 e. The third kappa shape index (κ3) is 2.58. The molecule has 1 aromatic carbocycles. The molecule has 3 rings (SSSR count). The number of carbonyl (C=O) groups is 1. The second-order valence-electron chi connectivity index (χ2n) is 3.85. The number of aliphatic imine (C=N–C) groups is 1. The van der Waals surface area contributed by atoms with Gasteiger partial charge in [-0.1, -0.05) is 15.9 Å². The molecule has 1 aromatic heterocycles. The fourth-order valence-electron chi connectivity index (χ4n) is 1.67. The smallest absolute Gasteiger partial charge is 0.329 e. The molecule has 0 saturated carbocycles. The molecule has 1 aliphatic heterocycles. The Balaban J connectivity index is 2.05. The predicted molar refractivity (Wildman–Crippen MR) is 85.4 cm³/mol. The topological polar surface area (TPSA) is 62.5 Å². The Morgan fingerprint density at radius 3 is 2.89 bits per heavy atom. The first kappa shape index (κ1) is 13.5. The van der Waals surface area contributed by atoms with Gasteiger partial charge in [0.25, 0.3) is 0 Å². The van der Waals surface area contributed by atoms with Gasteiger partial charge < -0.3 is 5.11 Å². The molecule has 1 N–H and O–H groups in total. The van der Waals surface area contributed by atoms with Crippen molar-refractivity contribution in [3.05, 3.63) is 26.1 Å². The van der Waals surface area contributed by atoms with Gasteiger partial charge in [-0.05, 0) is 28.1 Å². The molecule has 0 saturated heterocycles. The van der Waals surface area contributed by atoms with Crippen molar-refractivity contribution in [2.45, 2.75) is 6.04 Å². The quantitative estimate of drug-likeness (QED) is 0.801. The van der Waals surface area contributed by atoms with E-state index in [9.17, 15) is 4.79 Å². The van der Waals surface area contributed by atoms with Gasteiger partial charge in [-0.3, -0.25) is 4.99 Å². The number of carboxylic acids is 1. The first-order valence-electron chi connectivity index (χ1n) is 5.24. The molecule has 2 heterocycles. The van der Waals surface area contributed by atoms with Crippen molar-refractivity contribution in [2.75, 3.05) is 5.75 Å². The number of halogens is 2. The van der Waals surface area contributed by atoms with Crippen LogP contribution >= 0.6 is 55.0 Å². The number of fused-ring (bicyclic) bond motifs is 1. The van der Waals surface area contributed by atoms with Gasteiger partial charge >= 0.3 is 5.97 Å². The first-order valence-corrected chi connectivity index (χ1v) is 8.63. The van der Waals surface area contributed by atoms with Crippen LogP contribution in [0.15, 0.2) is 26.1 Å². The summed E-state index contributed by atoms with van der Waals surface area (Å²) in [5, 5.41) is 10.4. The highest BCUT2D eigenvalue weighted by molar-refractivity contribution is 9.11. The number of nitrogens with zero attached hydrogens (tertiary/aromatic N) is 2. The highest BCUT2D eigenvalue weighted by atomic mass is 79.9. The van der Waals surface area contributed by atoms with Crippen LogP contribution < -0.4 is 0 Å². The largest absolute Gasteiger partial charge is 0.480 e. The van der Waals surface area contributed by atoms with Gasteiger partial charge in [-0.15, -0.1) is 23.1 Å². The number of aromatic nitrogens is 1. The van der Waals surface area contributed by atoms with E-state index >= 15 is 0 Å². The summed E-state index contributed by atoms with van der Waals surface area (Å²) in [6.07, 6.45) is 0. The van der Waals surface area contributed by atoms with Crippen LogP contribution in [-0.4, -0.2) is 32.9 Å². The van der Waals surface area contributed by atoms with Crippen LogP contribution in [0.5, 0.6) is 0 Å². The highest BCUT2D eigenvalue weighted by Gasteiger charge is 2.27. The minimum absolute atomic E-state index is 0.478. The second kappa shape index (κ2) is 5.16. The standard InChI is InChI=1S/C11H6Br2N2O2S2/c12-4-1-5(13)8-7(2-4)19-10(15-8)9-14-6(3-18-9)11(16)17/h1-2,6H,3H2,(H,16,17). The zero-order valence-corrected chi connectivity index (χ0v) is 14.1. The number of hydrogen-bond donors (Lipinski definition) is 1. The van der Waals surface area contributed by atoms with Gasteiger partial charge in [0.05, 0.1) is 10.2 Å². The van der Waals surface area contributed by atoms with Gasteiger partial charge in [-0.25, -0.2) is 9.78 Å². The molecule has 0 amide bonds. The highest BCUT2D eigenvalue weighted by Crippen LogP contribution is 2.34. The van der Waals surface area contributed by atoms with Crippen molar-refractivity contribution >= 4 is 76.2 Å². The molecule has 0 bridgehead atoms. The molecule has 2 aromatic rings. The van der Waals surface area contributed by atoms with E-state index in [1.54, 1.807) is 0 Å². The third-order valence-electron chi connectivity index (χ3n) is 2.53. The Hall–Kier alpha value is -0.440. The van der Waals surface area contributed by atoms with Gasteiger partial charge in [0.2, 0.25) is 0 Å². The van der Waals surface area contributed by atoms with Crippen molar-refractivity contribution in [2.24, 2.45) is 4.99 Å². The lowest BCUT2D eigenvalue weighted by atomic mass is 10.3. The molecule has 1 atom stereocenters. The minimum atomic E-state index is -0.882. The summed E-state index contributed by atoms with van der Waals surface area (Å²) >= 11 is 9.89. The van der Waals surface area contributed by atoms with E-state index in [0.717, 1.165) is 29.2 Å². The van der Waals surface area contributed by atoms with Crippen molar-refractivity contribution < 1.29 is 9.90 Å². The zero-order chi connectivity index (χ0) is 13.6. The lowest BCUT2D eigenvalue weighted by Crippen LogP contribution is -2.17. The normalized spacial score (nSPS) is 18.8. The molecule has 19 heavy (non-hydrogen) atoms. The number of thioether (sulfide) groups is 1. The summed E-state index contributed by atoms with van der Waals surface area (Å²) in [6, 6.07) is 3.29. The Morgan fingerprint density at radius 1 is 1.42 bits per heavy atom. The van der Waals surface area contributed by atoms with Crippen molar-refractivity contribution in [1.29, 1.82) is 0 Å². The van der Waals surface area contributed by atoms with Crippen LogP contribution in [0.4, 0.5) is 0 Å². The molecular weight excluding hydrogens is 416 g/mol. The Kier molecular flexibility index (Phi) is 3.67. The van der Waals surface area contributed by atoms with Crippen molar-refractivity contribution in [1.82, 2.24) is 4.98 Å². The van der Waals surface area contributed by atoms with Gasteiger partial charge in [0, 0.05) is 14.7 Å². The summed E-state index contributed by atoms with van der Waals surface area (Å²) in [6.45, 7) is 0. The monoisotopic (exact) mass is 420 g/mol. The molecule has 1 aliphatic rings. The summed E-state index contributed by atoms with van der Waals surface area (Å²) in [5.41, 5.74) is 0.880. The minimum Gasteiger partial charge on any atom is -0.480 e. The first-order chi connectivity index (χ1) is 9.04. The SMILES string of the molecule is O=C(O)C1CSC(c2nc3c(Br)cc(Br)cc3s2)=N1. The molecule has 0 fully saturated rings.